The molecule has 4 fully saturated rings. The van der Waals surface area contributed by atoms with Crippen LogP contribution in [0.2, 0.25) is 0 Å². The first kappa shape index (κ1) is 42.0. The number of nitrogens with one attached hydrogen (secondary N) is 2. The Morgan fingerprint density at radius 2 is 1.65 bits per heavy atom. The van der Waals surface area contributed by atoms with Crippen LogP contribution in [0.1, 0.15) is 158 Å². The summed E-state index contributed by atoms with van der Waals surface area (Å²) in [5, 5.41) is 13.1. The normalized spacial score (nSPS) is 25.4. The van der Waals surface area contributed by atoms with Crippen molar-refractivity contribution in [1.82, 2.24) is 10.7 Å². The van der Waals surface area contributed by atoms with Gasteiger partial charge in [0.05, 0.1) is 17.6 Å². The summed E-state index contributed by atoms with van der Waals surface area (Å²) in [6, 6.07) is 0. The van der Waals surface area contributed by atoms with Crippen molar-refractivity contribution in [2.45, 2.75) is 176 Å². The van der Waals surface area contributed by atoms with E-state index in [1.54, 1.807) is 0 Å². The maximum absolute atomic E-state index is 13.9. The summed E-state index contributed by atoms with van der Waals surface area (Å²) in [6.45, 7) is 13.5. The molecule has 0 aromatic carbocycles. The molecule has 1 saturated heterocycles. The van der Waals surface area contributed by atoms with Crippen molar-refractivity contribution >= 4 is 24.8 Å². The number of nitrogens with zero attached hydrogens (tertiary/aromatic N) is 2. The number of carbonyl (C=O) groups is 2. The molecule has 11 nitrogen and oxygen atoms in total. The minimum Gasteiger partial charge on any atom is -0.404 e. The number of hydrazine groups is 1. The molecule has 1 aliphatic heterocycles. The fourth-order valence-corrected chi connectivity index (χ4v) is 8.30. The van der Waals surface area contributed by atoms with Gasteiger partial charge in [0.1, 0.15) is 5.78 Å². The molecule has 2 bridgehead atoms. The SMILES string of the molecule is C.CCCCCCCCCCCCC(=O)C[C@@H](CCCN=C(N)N[N+](=O)[O-])C(=O)N[C@@H](CC(C)C)B1O[C@@H]2C[C@@H]3C[C@@H](C3(C)C)[C@]2(C)O1. The third-order valence-electron chi connectivity index (χ3n) is 11.2. The molecule has 4 rings (SSSR count). The highest BCUT2D eigenvalue weighted by molar-refractivity contribution is 6.47. The lowest BCUT2D eigenvalue weighted by Crippen LogP contribution is -2.65. The van der Waals surface area contributed by atoms with E-state index in [-0.39, 0.29) is 61.1 Å². The van der Waals surface area contributed by atoms with Crippen molar-refractivity contribution in [1.29, 1.82) is 0 Å². The number of guanidine groups is 1. The molecular weight excluding hydrogens is 609 g/mol. The summed E-state index contributed by atoms with van der Waals surface area (Å²) in [5.74, 6) is 0.130. The van der Waals surface area contributed by atoms with E-state index in [4.69, 9.17) is 15.0 Å². The minimum atomic E-state index is -0.760. The predicted molar refractivity (Wildman–Crippen MR) is 194 cm³/mol. The van der Waals surface area contributed by atoms with Crippen molar-refractivity contribution in [2.24, 2.45) is 39.8 Å². The average Bonchev–Trinajstić information content (AvgIpc) is 3.36. The second-order valence-electron chi connectivity index (χ2n) is 15.7. The molecule has 48 heavy (non-hydrogen) atoms. The highest BCUT2D eigenvalue weighted by Crippen LogP contribution is 2.65. The fraction of sp³-hybridized carbons (Fsp3) is 0.917. The molecule has 12 heteroatoms. The van der Waals surface area contributed by atoms with Crippen LogP contribution in [0.4, 0.5) is 0 Å². The molecular formula is C36H68BN5O6. The van der Waals surface area contributed by atoms with Gasteiger partial charge in [-0.1, -0.05) is 105 Å². The number of carbonyl (C=O) groups excluding carboxylic acids is 2. The van der Waals surface area contributed by atoms with Gasteiger partial charge >= 0.3 is 7.12 Å². The second-order valence-corrected chi connectivity index (χ2v) is 15.7. The first-order chi connectivity index (χ1) is 22.3. The number of unbranched alkanes of at least 4 members (excludes halogenated alkanes) is 9. The summed E-state index contributed by atoms with van der Waals surface area (Å²) in [6.07, 6.45) is 16.4. The predicted octanol–water partition coefficient (Wildman–Crippen LogP) is 7.18. The molecule has 0 spiro atoms. The van der Waals surface area contributed by atoms with Gasteiger partial charge in [-0.25, -0.2) is 15.1 Å². The van der Waals surface area contributed by atoms with E-state index in [1.807, 2.05) is 5.43 Å². The molecule has 3 aliphatic carbocycles. The van der Waals surface area contributed by atoms with E-state index >= 15 is 0 Å². The number of nitro groups is 1. The summed E-state index contributed by atoms with van der Waals surface area (Å²) in [7, 11) is -0.535. The molecule has 4 N–H and O–H groups in total. The number of amides is 1. The van der Waals surface area contributed by atoms with Crippen molar-refractivity contribution in [3.05, 3.63) is 10.1 Å². The number of hydrogen-bond acceptors (Lipinski definition) is 7. The number of rotatable bonds is 23. The fourth-order valence-electron chi connectivity index (χ4n) is 8.30. The van der Waals surface area contributed by atoms with Gasteiger partial charge in [0, 0.05) is 25.3 Å². The molecule has 0 radical (unpaired) electrons. The molecule has 6 atom stereocenters. The van der Waals surface area contributed by atoms with Gasteiger partial charge in [-0.3, -0.25) is 9.59 Å². The number of nitrogens with two attached hydrogens (primary N) is 1. The van der Waals surface area contributed by atoms with Crippen LogP contribution in [-0.2, 0) is 18.9 Å². The summed E-state index contributed by atoms with van der Waals surface area (Å²) < 4.78 is 13.3. The van der Waals surface area contributed by atoms with Gasteiger partial charge in [0.15, 0.2) is 5.03 Å². The molecule has 1 amide bonds. The Hall–Kier alpha value is -2.21. The number of Topliss-reactive ketones (excluding diaryl/α,β-unsaturated/α-hetero) is 1. The van der Waals surface area contributed by atoms with Gasteiger partial charge in [-0.05, 0) is 68.6 Å². The van der Waals surface area contributed by atoms with E-state index in [0.717, 1.165) is 32.1 Å². The number of ketones is 1. The zero-order valence-electron chi connectivity index (χ0n) is 30.2. The Morgan fingerprint density at radius 3 is 2.23 bits per heavy atom. The largest absolute Gasteiger partial charge is 0.481 e. The zero-order chi connectivity index (χ0) is 34.6. The Balaban J connectivity index is 0.00000800. The summed E-state index contributed by atoms with van der Waals surface area (Å²) >= 11 is 0. The van der Waals surface area contributed by atoms with Gasteiger partial charge in [-0.15, -0.1) is 0 Å². The molecule has 1 heterocycles. The van der Waals surface area contributed by atoms with Crippen LogP contribution >= 0.6 is 0 Å². The van der Waals surface area contributed by atoms with E-state index in [1.165, 1.54) is 44.9 Å². The van der Waals surface area contributed by atoms with Gasteiger partial charge < -0.3 is 20.4 Å². The Kier molecular flexibility index (Phi) is 17.4. The zero-order valence-corrected chi connectivity index (χ0v) is 30.2. The maximum Gasteiger partial charge on any atom is 0.481 e. The molecule has 0 aromatic rings. The Morgan fingerprint density at radius 1 is 1.02 bits per heavy atom. The number of hydrogen-bond donors (Lipinski definition) is 3. The summed E-state index contributed by atoms with van der Waals surface area (Å²) in [4.78, 5) is 41.6. The van der Waals surface area contributed by atoms with E-state index in [0.29, 0.717) is 43.4 Å². The van der Waals surface area contributed by atoms with Crippen molar-refractivity contribution < 1.29 is 23.9 Å². The van der Waals surface area contributed by atoms with Crippen LogP contribution in [0.5, 0.6) is 0 Å². The monoisotopic (exact) mass is 678 g/mol. The smallest absolute Gasteiger partial charge is 0.404 e. The lowest BCUT2D eigenvalue weighted by molar-refractivity contribution is -0.525. The van der Waals surface area contributed by atoms with Crippen molar-refractivity contribution in [3.8, 4) is 0 Å². The first-order valence-corrected chi connectivity index (χ1v) is 18.6. The minimum absolute atomic E-state index is 0. The molecule has 4 aliphatic rings. The Labute approximate surface area is 291 Å². The molecule has 0 aromatic heterocycles. The highest BCUT2D eigenvalue weighted by atomic mass is 16.7. The third kappa shape index (κ3) is 12.0. The van der Waals surface area contributed by atoms with E-state index < -0.39 is 18.1 Å². The van der Waals surface area contributed by atoms with E-state index in [2.05, 4.69) is 51.9 Å². The average molecular weight is 678 g/mol. The summed E-state index contributed by atoms with van der Waals surface area (Å²) in [5.41, 5.74) is 7.25. The van der Waals surface area contributed by atoms with Crippen LogP contribution < -0.4 is 16.5 Å². The second kappa shape index (κ2) is 19.8. The van der Waals surface area contributed by atoms with Gasteiger partial charge in [0.2, 0.25) is 5.91 Å². The van der Waals surface area contributed by atoms with E-state index in [9.17, 15) is 19.7 Å². The molecule has 3 saturated carbocycles. The van der Waals surface area contributed by atoms with Crippen LogP contribution in [-0.4, -0.2) is 54.0 Å². The van der Waals surface area contributed by atoms with Crippen LogP contribution in [0.25, 0.3) is 0 Å². The highest BCUT2D eigenvalue weighted by Gasteiger charge is 2.68. The van der Waals surface area contributed by atoms with Crippen LogP contribution in [0.3, 0.4) is 0 Å². The lowest BCUT2D eigenvalue weighted by atomic mass is 9.43. The van der Waals surface area contributed by atoms with Crippen LogP contribution in [0.15, 0.2) is 4.99 Å². The molecule has 0 unspecified atom stereocenters. The lowest BCUT2D eigenvalue weighted by Gasteiger charge is -2.64. The third-order valence-corrected chi connectivity index (χ3v) is 11.2. The van der Waals surface area contributed by atoms with Crippen molar-refractivity contribution in [3.63, 3.8) is 0 Å². The van der Waals surface area contributed by atoms with Crippen molar-refractivity contribution in [2.75, 3.05) is 6.54 Å². The van der Waals surface area contributed by atoms with Crippen LogP contribution in [0, 0.1) is 39.2 Å². The Bertz CT molecular complexity index is 1060. The molecule has 276 valence electrons. The number of aliphatic imine (C=N–C) groups is 1. The first-order valence-electron chi connectivity index (χ1n) is 18.6. The topological polar surface area (TPSA) is 158 Å². The van der Waals surface area contributed by atoms with Gasteiger partial charge in [-0.2, -0.15) is 0 Å². The maximum atomic E-state index is 13.9. The quantitative estimate of drug-likeness (QED) is 0.0256. The standard InChI is InChI=1S/C35H64BN5O6.CH4/c1-7-8-9-10-11-12-13-14-15-16-19-28(42)22-26(18-17-20-38-33(37)40-41(44)45)32(43)39-31(21-25(2)3)36-46-30-24-27-23-29(34(27,4)5)35(30,6)47-36;/h25-27,29-31H,7-24H2,1-6H3,(H,39,43)(H3,37,38,40);1H4/t26-,27+,29+,30-,31+,35+;/m1./s1. The van der Waals surface area contributed by atoms with Gasteiger partial charge in [0.25, 0.3) is 5.96 Å².